The number of nitrogens with one attached hydrogen (secondary N) is 1. The smallest absolute Gasteiger partial charge is 0.312 e. The van der Waals surface area contributed by atoms with Gasteiger partial charge in [0.15, 0.2) is 17.0 Å². The van der Waals surface area contributed by atoms with Crippen LogP contribution in [0.25, 0.3) is 11.2 Å². The summed E-state index contributed by atoms with van der Waals surface area (Å²) >= 11 is 0. The normalized spacial score (nSPS) is 17.3. The molecule has 1 saturated heterocycles. The SMILES string of the molecule is Fc1cc(F)cc(CNc2nc(F)nc3c2ncn3C2CCCO2)c1. The first kappa shape index (κ1) is 15.8. The van der Waals surface area contributed by atoms with Gasteiger partial charge in [0.05, 0.1) is 6.33 Å². The third-order valence-electron chi connectivity index (χ3n) is 3.99. The molecule has 25 heavy (non-hydrogen) atoms. The number of hydrogen-bond donors (Lipinski definition) is 1. The number of rotatable bonds is 4. The van der Waals surface area contributed by atoms with Crippen molar-refractivity contribution < 1.29 is 17.9 Å². The number of hydrogen-bond acceptors (Lipinski definition) is 5. The van der Waals surface area contributed by atoms with Gasteiger partial charge in [-0.3, -0.25) is 4.57 Å². The molecule has 1 aliphatic rings. The Morgan fingerprint density at radius 2 is 1.96 bits per heavy atom. The number of anilines is 1. The number of imidazole rings is 1. The number of ether oxygens (including phenoxy) is 1. The number of nitrogens with zero attached hydrogens (tertiary/aromatic N) is 4. The Balaban J connectivity index is 1.65. The molecule has 1 aromatic carbocycles. The van der Waals surface area contributed by atoms with Crippen LogP contribution >= 0.6 is 0 Å². The van der Waals surface area contributed by atoms with Gasteiger partial charge in [-0.25, -0.2) is 13.8 Å². The number of halogens is 3. The Labute approximate surface area is 140 Å². The Morgan fingerprint density at radius 3 is 2.68 bits per heavy atom. The van der Waals surface area contributed by atoms with Crippen LogP contribution in [0.15, 0.2) is 24.5 Å². The van der Waals surface area contributed by atoms with Gasteiger partial charge < -0.3 is 10.1 Å². The van der Waals surface area contributed by atoms with Gasteiger partial charge in [-0.05, 0) is 30.5 Å². The third kappa shape index (κ3) is 3.14. The van der Waals surface area contributed by atoms with E-state index in [4.69, 9.17) is 4.74 Å². The van der Waals surface area contributed by atoms with Crippen LogP contribution in [-0.2, 0) is 11.3 Å². The predicted molar refractivity (Wildman–Crippen MR) is 83.2 cm³/mol. The summed E-state index contributed by atoms with van der Waals surface area (Å²) < 4.78 is 47.6. The molecule has 1 unspecified atom stereocenters. The lowest BCUT2D eigenvalue weighted by atomic mass is 10.2. The van der Waals surface area contributed by atoms with E-state index in [1.807, 2.05) is 0 Å². The second-order valence-corrected chi connectivity index (χ2v) is 5.76. The van der Waals surface area contributed by atoms with Crippen LogP contribution in [-0.4, -0.2) is 26.1 Å². The van der Waals surface area contributed by atoms with E-state index >= 15 is 0 Å². The van der Waals surface area contributed by atoms with Crippen LogP contribution in [0.1, 0.15) is 24.6 Å². The van der Waals surface area contributed by atoms with Gasteiger partial charge in [0.2, 0.25) is 0 Å². The summed E-state index contributed by atoms with van der Waals surface area (Å²) in [7, 11) is 0. The Kier molecular flexibility index (Phi) is 4.00. The van der Waals surface area contributed by atoms with Crippen LogP contribution < -0.4 is 5.32 Å². The van der Waals surface area contributed by atoms with Gasteiger partial charge in [0, 0.05) is 19.2 Å². The fourth-order valence-electron chi connectivity index (χ4n) is 2.90. The second kappa shape index (κ2) is 6.32. The van der Waals surface area contributed by atoms with Crippen LogP contribution in [0.5, 0.6) is 0 Å². The monoisotopic (exact) mass is 349 g/mol. The average Bonchev–Trinajstić information content (AvgIpc) is 3.20. The van der Waals surface area contributed by atoms with Crippen LogP contribution in [0.3, 0.4) is 0 Å². The highest BCUT2D eigenvalue weighted by Gasteiger charge is 2.22. The summed E-state index contributed by atoms with van der Waals surface area (Å²) in [4.78, 5) is 11.7. The standard InChI is InChI=1S/C16H14F3N5O/c17-10-4-9(5-11(18)6-10)7-20-14-13-15(23-16(19)22-14)24(8-21-13)12-2-1-3-25-12/h4-6,8,12H,1-3,7H2,(H,20,22,23). The lowest BCUT2D eigenvalue weighted by Gasteiger charge is -2.12. The first-order chi connectivity index (χ1) is 12.1. The van der Waals surface area contributed by atoms with E-state index < -0.39 is 17.7 Å². The zero-order chi connectivity index (χ0) is 17.4. The molecule has 3 aromatic rings. The maximum Gasteiger partial charge on any atom is 0.312 e. The summed E-state index contributed by atoms with van der Waals surface area (Å²) in [6, 6.07) is 3.17. The van der Waals surface area contributed by atoms with Gasteiger partial charge in [0.1, 0.15) is 17.9 Å². The molecule has 1 N–H and O–H groups in total. The van der Waals surface area contributed by atoms with E-state index in [2.05, 4.69) is 20.3 Å². The zero-order valence-electron chi connectivity index (χ0n) is 13.0. The van der Waals surface area contributed by atoms with Crippen molar-refractivity contribution in [2.75, 3.05) is 11.9 Å². The fourth-order valence-corrected chi connectivity index (χ4v) is 2.90. The lowest BCUT2D eigenvalue weighted by Crippen LogP contribution is -2.09. The van der Waals surface area contributed by atoms with E-state index in [-0.39, 0.29) is 18.6 Å². The number of aromatic nitrogens is 4. The molecule has 0 aliphatic carbocycles. The lowest BCUT2D eigenvalue weighted by molar-refractivity contribution is 0.0592. The minimum absolute atomic E-state index is 0.0625. The van der Waals surface area contributed by atoms with E-state index in [1.165, 1.54) is 18.5 Å². The van der Waals surface area contributed by atoms with Gasteiger partial charge >= 0.3 is 6.08 Å². The molecule has 0 radical (unpaired) electrons. The minimum Gasteiger partial charge on any atom is -0.364 e. The summed E-state index contributed by atoms with van der Waals surface area (Å²) in [6.07, 6.45) is 2.09. The largest absolute Gasteiger partial charge is 0.364 e. The van der Waals surface area contributed by atoms with Crippen molar-refractivity contribution in [2.45, 2.75) is 25.6 Å². The van der Waals surface area contributed by atoms with E-state index in [0.29, 0.717) is 23.3 Å². The van der Waals surface area contributed by atoms with E-state index in [0.717, 1.165) is 18.9 Å². The molecular weight excluding hydrogens is 335 g/mol. The maximum absolute atomic E-state index is 13.8. The molecule has 3 heterocycles. The Bertz CT molecular complexity index is 903. The fraction of sp³-hybridized carbons (Fsp3) is 0.312. The number of benzene rings is 1. The molecule has 4 rings (SSSR count). The van der Waals surface area contributed by atoms with Crippen molar-refractivity contribution in [1.82, 2.24) is 19.5 Å². The summed E-state index contributed by atoms with van der Waals surface area (Å²) in [6.45, 7) is 0.696. The molecule has 0 bridgehead atoms. The van der Waals surface area contributed by atoms with Crippen molar-refractivity contribution in [2.24, 2.45) is 0 Å². The average molecular weight is 349 g/mol. The quantitative estimate of drug-likeness (QED) is 0.733. The van der Waals surface area contributed by atoms with Crippen molar-refractivity contribution in [3.8, 4) is 0 Å². The first-order valence-electron chi connectivity index (χ1n) is 7.80. The zero-order valence-corrected chi connectivity index (χ0v) is 13.0. The molecule has 1 fully saturated rings. The summed E-state index contributed by atoms with van der Waals surface area (Å²) in [5.41, 5.74) is 1.05. The molecule has 6 nitrogen and oxygen atoms in total. The maximum atomic E-state index is 13.8. The van der Waals surface area contributed by atoms with Gasteiger partial charge in [-0.15, -0.1) is 0 Å². The Morgan fingerprint density at radius 1 is 1.16 bits per heavy atom. The van der Waals surface area contributed by atoms with Crippen molar-refractivity contribution >= 4 is 17.0 Å². The molecule has 130 valence electrons. The summed E-state index contributed by atoms with van der Waals surface area (Å²) in [5, 5.41) is 2.86. The number of fused-ring (bicyclic) bond motifs is 1. The topological polar surface area (TPSA) is 64.9 Å². The molecule has 2 aromatic heterocycles. The summed E-state index contributed by atoms with van der Waals surface area (Å²) in [5.74, 6) is -1.21. The third-order valence-corrected chi connectivity index (χ3v) is 3.99. The first-order valence-corrected chi connectivity index (χ1v) is 7.80. The molecule has 0 amide bonds. The van der Waals surface area contributed by atoms with Crippen LogP contribution in [0, 0.1) is 17.7 Å². The molecule has 1 aliphatic heterocycles. The van der Waals surface area contributed by atoms with Crippen molar-refractivity contribution in [3.63, 3.8) is 0 Å². The van der Waals surface area contributed by atoms with Crippen LogP contribution in [0.4, 0.5) is 19.0 Å². The highest BCUT2D eigenvalue weighted by atomic mass is 19.1. The van der Waals surface area contributed by atoms with Gasteiger partial charge in [-0.1, -0.05) is 0 Å². The molecular formula is C16H14F3N5O. The van der Waals surface area contributed by atoms with Gasteiger partial charge in [0.25, 0.3) is 0 Å². The van der Waals surface area contributed by atoms with Gasteiger partial charge in [-0.2, -0.15) is 14.4 Å². The minimum atomic E-state index is -0.917. The van der Waals surface area contributed by atoms with Crippen molar-refractivity contribution in [3.05, 3.63) is 47.8 Å². The van der Waals surface area contributed by atoms with Crippen LogP contribution in [0.2, 0.25) is 0 Å². The molecule has 0 spiro atoms. The molecule has 1 atom stereocenters. The Hall–Kier alpha value is -2.68. The second-order valence-electron chi connectivity index (χ2n) is 5.76. The predicted octanol–water partition coefficient (Wildman–Crippen LogP) is 3.16. The highest BCUT2D eigenvalue weighted by molar-refractivity contribution is 5.82. The van der Waals surface area contributed by atoms with E-state index in [1.54, 1.807) is 4.57 Å². The van der Waals surface area contributed by atoms with Crippen molar-refractivity contribution in [1.29, 1.82) is 0 Å². The highest BCUT2D eigenvalue weighted by Crippen LogP contribution is 2.28. The van der Waals surface area contributed by atoms with E-state index in [9.17, 15) is 13.2 Å². The molecule has 0 saturated carbocycles. The molecule has 9 heteroatoms.